The second kappa shape index (κ2) is 5.97. The highest BCUT2D eigenvalue weighted by atomic mass is 16.5. The molecule has 1 aromatic carbocycles. The summed E-state index contributed by atoms with van der Waals surface area (Å²) in [5, 5.41) is 4.11. The number of carbonyl (C=O) groups is 1. The van der Waals surface area contributed by atoms with Gasteiger partial charge in [-0.15, -0.1) is 0 Å². The molecule has 3 fully saturated rings. The Hall–Kier alpha value is -2.17. The minimum absolute atomic E-state index is 0.169. The fraction of sp³-hybridized carbons (Fsp3) is 0.550. The van der Waals surface area contributed by atoms with Crippen LogP contribution in [0.25, 0.3) is 11.4 Å². The molecule has 0 N–H and O–H groups in total. The zero-order chi connectivity index (χ0) is 16.8. The Morgan fingerprint density at radius 3 is 2.52 bits per heavy atom. The summed E-state index contributed by atoms with van der Waals surface area (Å²) in [6.07, 6.45) is 9.36. The molecule has 0 saturated heterocycles. The molecule has 1 amide bonds. The predicted molar refractivity (Wildman–Crippen MR) is 93.2 cm³/mol. The zero-order valence-electron chi connectivity index (χ0n) is 14.4. The largest absolute Gasteiger partial charge is 0.339 e. The van der Waals surface area contributed by atoms with E-state index in [2.05, 4.69) is 15.0 Å². The molecule has 2 aromatic rings. The van der Waals surface area contributed by atoms with E-state index in [9.17, 15) is 4.79 Å². The van der Waals surface area contributed by atoms with Crippen molar-refractivity contribution in [3.8, 4) is 11.4 Å². The summed E-state index contributed by atoms with van der Waals surface area (Å²) < 4.78 is 5.36. The molecule has 3 aliphatic carbocycles. The molecule has 25 heavy (non-hydrogen) atoms. The van der Waals surface area contributed by atoms with Crippen molar-refractivity contribution < 1.29 is 9.32 Å². The Balaban J connectivity index is 1.41. The van der Waals surface area contributed by atoms with Crippen LogP contribution in [0.5, 0.6) is 0 Å². The van der Waals surface area contributed by atoms with Gasteiger partial charge in [0, 0.05) is 29.1 Å². The van der Waals surface area contributed by atoms with E-state index in [1.807, 2.05) is 24.3 Å². The average Bonchev–Trinajstić information content (AvgIpc) is 3.56. The van der Waals surface area contributed by atoms with Crippen LogP contribution in [0.3, 0.4) is 0 Å². The van der Waals surface area contributed by atoms with Gasteiger partial charge < -0.3 is 9.42 Å². The van der Waals surface area contributed by atoms with E-state index in [1.54, 1.807) is 0 Å². The van der Waals surface area contributed by atoms with Crippen molar-refractivity contribution in [1.29, 1.82) is 0 Å². The summed E-state index contributed by atoms with van der Waals surface area (Å²) in [5.41, 5.74) is 1.61. The summed E-state index contributed by atoms with van der Waals surface area (Å²) in [6, 6.07) is 8.60. The van der Waals surface area contributed by atoms with Crippen LogP contribution in [0.15, 0.2) is 28.8 Å². The topological polar surface area (TPSA) is 59.2 Å². The first kappa shape index (κ1) is 15.1. The molecule has 0 radical (unpaired) electrons. The number of carbonyl (C=O) groups excluding carboxylic acids is 1. The average molecular weight is 337 g/mol. The van der Waals surface area contributed by atoms with Gasteiger partial charge in [0.2, 0.25) is 11.7 Å². The van der Waals surface area contributed by atoms with Gasteiger partial charge in [0.05, 0.1) is 0 Å². The van der Waals surface area contributed by atoms with Gasteiger partial charge in [-0.2, -0.15) is 4.98 Å². The van der Waals surface area contributed by atoms with Crippen molar-refractivity contribution in [3.05, 3.63) is 35.7 Å². The number of rotatable bonds is 5. The summed E-state index contributed by atoms with van der Waals surface area (Å²) in [7, 11) is 0. The smallest absolute Gasteiger partial charge is 0.254 e. The lowest BCUT2D eigenvalue weighted by Crippen LogP contribution is -2.40. The van der Waals surface area contributed by atoms with Gasteiger partial charge in [0.1, 0.15) is 0 Å². The fourth-order valence-corrected chi connectivity index (χ4v) is 3.95. The standard InChI is InChI=1S/C20H23N3O2/c24-20(23(17-10-11-17)16-6-1-2-7-16)15-5-3-4-14(12-15)18-21-19(25-22-18)13-8-9-13/h3-5,12-13,16-17H,1-2,6-11H2. The fourth-order valence-electron chi connectivity index (χ4n) is 3.95. The lowest BCUT2D eigenvalue weighted by molar-refractivity contribution is 0.0664. The maximum absolute atomic E-state index is 13.2. The highest BCUT2D eigenvalue weighted by Crippen LogP contribution is 2.40. The van der Waals surface area contributed by atoms with Gasteiger partial charge in [-0.05, 0) is 50.7 Å². The Morgan fingerprint density at radius 2 is 1.80 bits per heavy atom. The molecule has 5 heteroatoms. The van der Waals surface area contributed by atoms with Crippen LogP contribution in [-0.4, -0.2) is 33.0 Å². The molecule has 3 aliphatic rings. The summed E-state index contributed by atoms with van der Waals surface area (Å²) in [6.45, 7) is 0. The maximum atomic E-state index is 13.2. The van der Waals surface area contributed by atoms with Crippen molar-refractivity contribution in [2.75, 3.05) is 0 Å². The molecule has 0 spiro atoms. The van der Waals surface area contributed by atoms with Gasteiger partial charge in [-0.3, -0.25) is 4.79 Å². The van der Waals surface area contributed by atoms with Gasteiger partial charge in [0.15, 0.2) is 0 Å². The van der Waals surface area contributed by atoms with E-state index in [1.165, 1.54) is 12.8 Å². The van der Waals surface area contributed by atoms with E-state index in [-0.39, 0.29) is 5.91 Å². The van der Waals surface area contributed by atoms with Crippen LogP contribution in [0.2, 0.25) is 0 Å². The second-order valence-electron chi connectivity index (χ2n) is 7.69. The van der Waals surface area contributed by atoms with Crippen LogP contribution in [-0.2, 0) is 0 Å². The number of benzene rings is 1. The molecule has 1 aromatic heterocycles. The zero-order valence-corrected chi connectivity index (χ0v) is 14.4. The molecule has 3 saturated carbocycles. The number of amides is 1. The number of aromatic nitrogens is 2. The maximum Gasteiger partial charge on any atom is 0.254 e. The summed E-state index contributed by atoms with van der Waals surface area (Å²) in [4.78, 5) is 19.9. The van der Waals surface area contributed by atoms with Crippen LogP contribution in [0, 0.1) is 0 Å². The third-order valence-corrected chi connectivity index (χ3v) is 5.63. The first-order valence-electron chi connectivity index (χ1n) is 9.56. The van der Waals surface area contributed by atoms with Crippen molar-refractivity contribution in [2.24, 2.45) is 0 Å². The molecule has 0 atom stereocenters. The number of hydrogen-bond donors (Lipinski definition) is 0. The van der Waals surface area contributed by atoms with Gasteiger partial charge in [-0.1, -0.05) is 30.1 Å². The molecule has 0 aliphatic heterocycles. The van der Waals surface area contributed by atoms with Crippen LogP contribution >= 0.6 is 0 Å². The quantitative estimate of drug-likeness (QED) is 0.822. The molecule has 5 nitrogen and oxygen atoms in total. The molecule has 1 heterocycles. The van der Waals surface area contributed by atoms with Gasteiger partial charge in [-0.25, -0.2) is 0 Å². The Kier molecular flexibility index (Phi) is 3.61. The van der Waals surface area contributed by atoms with Crippen LogP contribution in [0.4, 0.5) is 0 Å². The molecular weight excluding hydrogens is 314 g/mol. The monoisotopic (exact) mass is 337 g/mol. The van der Waals surface area contributed by atoms with E-state index in [0.29, 0.717) is 23.8 Å². The highest BCUT2D eigenvalue weighted by molar-refractivity contribution is 5.96. The van der Waals surface area contributed by atoms with Gasteiger partial charge >= 0.3 is 0 Å². The van der Waals surface area contributed by atoms with Crippen LogP contribution in [0.1, 0.15) is 73.5 Å². The summed E-state index contributed by atoms with van der Waals surface area (Å²) in [5.74, 6) is 1.94. The van der Waals surface area contributed by atoms with E-state index >= 15 is 0 Å². The van der Waals surface area contributed by atoms with Crippen molar-refractivity contribution in [3.63, 3.8) is 0 Å². The third-order valence-electron chi connectivity index (χ3n) is 5.63. The summed E-state index contributed by atoms with van der Waals surface area (Å²) >= 11 is 0. The van der Waals surface area contributed by atoms with E-state index in [0.717, 1.165) is 55.5 Å². The Labute approximate surface area is 147 Å². The Bertz CT molecular complexity index is 786. The predicted octanol–water partition coefficient (Wildman–Crippen LogP) is 4.16. The van der Waals surface area contributed by atoms with Gasteiger partial charge in [0.25, 0.3) is 5.91 Å². The molecular formula is C20H23N3O2. The minimum Gasteiger partial charge on any atom is -0.339 e. The molecule has 130 valence electrons. The SMILES string of the molecule is O=C(c1cccc(-c2noc(C3CC3)n2)c1)N(C1CCCC1)C1CC1. The first-order chi connectivity index (χ1) is 12.3. The molecule has 0 unspecified atom stereocenters. The van der Waals surface area contributed by atoms with Crippen molar-refractivity contribution >= 4 is 5.91 Å². The lowest BCUT2D eigenvalue weighted by Gasteiger charge is -2.29. The highest BCUT2D eigenvalue weighted by Gasteiger charge is 2.38. The number of nitrogens with zero attached hydrogens (tertiary/aromatic N) is 3. The van der Waals surface area contributed by atoms with E-state index in [4.69, 9.17) is 4.52 Å². The van der Waals surface area contributed by atoms with Crippen molar-refractivity contribution in [2.45, 2.75) is 69.4 Å². The lowest BCUT2D eigenvalue weighted by atomic mass is 10.1. The Morgan fingerprint density at radius 1 is 1.04 bits per heavy atom. The minimum atomic E-state index is 0.169. The van der Waals surface area contributed by atoms with E-state index < -0.39 is 0 Å². The number of hydrogen-bond acceptors (Lipinski definition) is 4. The third kappa shape index (κ3) is 2.96. The van der Waals surface area contributed by atoms with Crippen LogP contribution < -0.4 is 0 Å². The normalized spacial score (nSPS) is 20.8. The molecule has 5 rings (SSSR count). The second-order valence-corrected chi connectivity index (χ2v) is 7.69. The molecule has 0 bridgehead atoms. The first-order valence-corrected chi connectivity index (χ1v) is 9.56. The van der Waals surface area contributed by atoms with Crippen molar-refractivity contribution in [1.82, 2.24) is 15.0 Å².